The van der Waals surface area contributed by atoms with E-state index in [4.69, 9.17) is 0 Å². The highest BCUT2D eigenvalue weighted by Gasteiger charge is 2.11. The number of H-pyrrole nitrogens is 3. The van der Waals surface area contributed by atoms with Crippen molar-refractivity contribution in [2.45, 2.75) is 6.92 Å². The fourth-order valence-corrected chi connectivity index (χ4v) is 2.55. The minimum absolute atomic E-state index is 0.247. The Labute approximate surface area is 115 Å². The first kappa shape index (κ1) is 11.9. The van der Waals surface area contributed by atoms with Gasteiger partial charge in [-0.25, -0.2) is 9.78 Å². The Kier molecular flexibility index (Phi) is 2.63. The van der Waals surface area contributed by atoms with Gasteiger partial charge in [-0.3, -0.25) is 14.8 Å². The van der Waals surface area contributed by atoms with Crippen molar-refractivity contribution < 1.29 is 0 Å². The van der Waals surface area contributed by atoms with E-state index >= 15 is 0 Å². The maximum atomic E-state index is 11.6. The summed E-state index contributed by atoms with van der Waals surface area (Å²) in [6, 6.07) is 5.79. The van der Waals surface area contributed by atoms with Gasteiger partial charge >= 0.3 is 5.69 Å². The van der Waals surface area contributed by atoms with Crippen LogP contribution in [0.25, 0.3) is 22.6 Å². The van der Waals surface area contributed by atoms with Gasteiger partial charge in [0.2, 0.25) is 0 Å². The molecule has 0 unspecified atom stereocenters. The number of imidazole rings is 1. The van der Waals surface area contributed by atoms with Crippen LogP contribution in [0.15, 0.2) is 32.3 Å². The number of rotatable bonds is 1. The Hall–Kier alpha value is -2.15. The maximum absolute atomic E-state index is 11.6. The first-order valence-electron chi connectivity index (χ1n) is 5.53. The number of hydrogen-bond donors (Lipinski definition) is 3. The molecule has 2 heterocycles. The molecule has 0 saturated carbocycles. The number of fused-ring (bicyclic) bond motifs is 1. The monoisotopic (exact) mass is 320 g/mol. The van der Waals surface area contributed by atoms with E-state index in [0.717, 1.165) is 15.6 Å². The number of aromatic amines is 3. The number of halogens is 1. The fourth-order valence-electron chi connectivity index (χ4n) is 1.87. The van der Waals surface area contributed by atoms with Gasteiger partial charge in [0, 0.05) is 10.0 Å². The molecule has 0 aliphatic rings. The minimum Gasteiger partial charge on any atom is -0.332 e. The summed E-state index contributed by atoms with van der Waals surface area (Å²) in [4.78, 5) is 34.6. The molecule has 0 atom stereocenters. The molecule has 6 nitrogen and oxygen atoms in total. The molecule has 1 aromatic carbocycles. The third kappa shape index (κ3) is 2.01. The minimum atomic E-state index is -0.571. The van der Waals surface area contributed by atoms with Crippen molar-refractivity contribution in [3.8, 4) is 11.4 Å². The van der Waals surface area contributed by atoms with Crippen LogP contribution in [0.2, 0.25) is 0 Å². The lowest BCUT2D eigenvalue weighted by atomic mass is 10.1. The molecule has 0 aliphatic heterocycles. The number of aromatic nitrogens is 4. The summed E-state index contributed by atoms with van der Waals surface area (Å²) in [5.41, 5.74) is 1.37. The number of nitrogens with one attached hydrogen (secondary N) is 3. The molecular formula is C12H9BrN4O2. The zero-order valence-electron chi connectivity index (χ0n) is 9.87. The zero-order chi connectivity index (χ0) is 13.6. The van der Waals surface area contributed by atoms with Crippen molar-refractivity contribution in [1.29, 1.82) is 0 Å². The molecule has 3 rings (SSSR count). The molecule has 3 N–H and O–H groups in total. The van der Waals surface area contributed by atoms with Crippen LogP contribution in [0, 0.1) is 6.92 Å². The van der Waals surface area contributed by atoms with Crippen LogP contribution in [0.3, 0.4) is 0 Å². The quantitative estimate of drug-likeness (QED) is 0.636. The van der Waals surface area contributed by atoms with E-state index in [1.165, 1.54) is 0 Å². The average Bonchev–Trinajstić information content (AvgIpc) is 2.72. The highest BCUT2D eigenvalue weighted by atomic mass is 79.9. The van der Waals surface area contributed by atoms with Gasteiger partial charge in [0.25, 0.3) is 5.56 Å². The highest BCUT2D eigenvalue weighted by molar-refractivity contribution is 9.10. The molecule has 0 radical (unpaired) electrons. The lowest BCUT2D eigenvalue weighted by Crippen LogP contribution is -2.21. The van der Waals surface area contributed by atoms with Crippen LogP contribution < -0.4 is 11.2 Å². The predicted octanol–water partition coefficient (Wildman–Crippen LogP) is 1.68. The van der Waals surface area contributed by atoms with E-state index < -0.39 is 11.2 Å². The number of hydrogen-bond acceptors (Lipinski definition) is 3. The predicted molar refractivity (Wildman–Crippen MR) is 75.2 cm³/mol. The molecule has 3 aromatic rings. The molecular weight excluding hydrogens is 312 g/mol. The van der Waals surface area contributed by atoms with Crippen molar-refractivity contribution in [2.24, 2.45) is 0 Å². The van der Waals surface area contributed by atoms with Crippen LogP contribution >= 0.6 is 15.9 Å². The molecule has 7 heteroatoms. The Morgan fingerprint density at radius 1 is 1.16 bits per heavy atom. The van der Waals surface area contributed by atoms with Crippen molar-refractivity contribution in [2.75, 3.05) is 0 Å². The first-order chi connectivity index (χ1) is 9.04. The van der Waals surface area contributed by atoms with Gasteiger partial charge in [-0.15, -0.1) is 0 Å². The van der Waals surface area contributed by atoms with E-state index in [-0.39, 0.29) is 11.2 Å². The SMILES string of the molecule is Cc1ccc(-c2nc3[nH]c(=O)[nH]c(=O)c3[nH]2)c(Br)c1. The van der Waals surface area contributed by atoms with Gasteiger partial charge in [-0.05, 0) is 24.6 Å². The highest BCUT2D eigenvalue weighted by Crippen LogP contribution is 2.27. The standard InChI is InChI=1S/C12H9BrN4O2/c1-5-2-3-6(7(13)4-5)9-14-8-10(15-9)16-12(19)17-11(8)18/h2-4H,1H3,(H3,14,15,16,17,18,19). The lowest BCUT2D eigenvalue weighted by Gasteiger charge is -2.01. The third-order valence-corrected chi connectivity index (χ3v) is 3.43. The molecule has 0 fully saturated rings. The second-order valence-corrected chi connectivity index (χ2v) is 5.05. The number of nitrogens with zero attached hydrogens (tertiary/aromatic N) is 1. The van der Waals surface area contributed by atoms with Crippen molar-refractivity contribution in [1.82, 2.24) is 19.9 Å². The summed E-state index contributed by atoms with van der Waals surface area (Å²) < 4.78 is 0.866. The number of benzene rings is 1. The first-order valence-corrected chi connectivity index (χ1v) is 6.33. The summed E-state index contributed by atoms with van der Waals surface area (Å²) in [6.07, 6.45) is 0. The summed E-state index contributed by atoms with van der Waals surface area (Å²) in [5, 5.41) is 0. The van der Waals surface area contributed by atoms with Gasteiger partial charge in [-0.2, -0.15) is 0 Å². The van der Waals surface area contributed by atoms with E-state index in [9.17, 15) is 9.59 Å². The Morgan fingerprint density at radius 3 is 2.68 bits per heavy atom. The molecule has 96 valence electrons. The Morgan fingerprint density at radius 2 is 1.95 bits per heavy atom. The van der Waals surface area contributed by atoms with Crippen LogP contribution in [0.5, 0.6) is 0 Å². The second-order valence-electron chi connectivity index (χ2n) is 4.20. The van der Waals surface area contributed by atoms with Crippen molar-refractivity contribution >= 4 is 27.1 Å². The largest absolute Gasteiger partial charge is 0.332 e. The molecule has 0 aliphatic carbocycles. The molecule has 0 spiro atoms. The normalized spacial score (nSPS) is 11.1. The van der Waals surface area contributed by atoms with Crippen LogP contribution in [-0.2, 0) is 0 Å². The Bertz CT molecular complexity index is 891. The fraction of sp³-hybridized carbons (Fsp3) is 0.0833. The van der Waals surface area contributed by atoms with Gasteiger partial charge in [0.1, 0.15) is 11.3 Å². The zero-order valence-corrected chi connectivity index (χ0v) is 11.5. The van der Waals surface area contributed by atoms with E-state index in [0.29, 0.717) is 5.82 Å². The lowest BCUT2D eigenvalue weighted by molar-refractivity contribution is 1.07. The van der Waals surface area contributed by atoms with Gasteiger partial charge < -0.3 is 4.98 Å². The van der Waals surface area contributed by atoms with Crippen LogP contribution in [0.4, 0.5) is 0 Å². The number of aryl methyl sites for hydroxylation is 1. The topological polar surface area (TPSA) is 94.4 Å². The van der Waals surface area contributed by atoms with Crippen molar-refractivity contribution in [3.05, 3.63) is 49.1 Å². The van der Waals surface area contributed by atoms with E-state index in [2.05, 4.69) is 35.9 Å². The summed E-state index contributed by atoms with van der Waals surface area (Å²) in [6.45, 7) is 1.98. The molecule has 0 saturated heterocycles. The maximum Gasteiger partial charge on any atom is 0.327 e. The molecule has 0 bridgehead atoms. The summed E-state index contributed by atoms with van der Waals surface area (Å²) in [7, 11) is 0. The Balaban J connectivity index is 2.29. The van der Waals surface area contributed by atoms with Crippen LogP contribution in [-0.4, -0.2) is 19.9 Å². The summed E-state index contributed by atoms with van der Waals surface area (Å²) in [5.74, 6) is 0.522. The van der Waals surface area contributed by atoms with E-state index in [1.807, 2.05) is 25.1 Å². The smallest absolute Gasteiger partial charge is 0.327 e. The second kappa shape index (κ2) is 4.20. The molecule has 2 aromatic heterocycles. The van der Waals surface area contributed by atoms with Crippen molar-refractivity contribution in [3.63, 3.8) is 0 Å². The van der Waals surface area contributed by atoms with Gasteiger partial charge in [-0.1, -0.05) is 22.0 Å². The van der Waals surface area contributed by atoms with E-state index in [1.54, 1.807) is 0 Å². The molecule has 0 amide bonds. The van der Waals surface area contributed by atoms with Gasteiger partial charge in [0.15, 0.2) is 5.65 Å². The van der Waals surface area contributed by atoms with Gasteiger partial charge in [0.05, 0.1) is 0 Å². The third-order valence-electron chi connectivity index (χ3n) is 2.77. The van der Waals surface area contributed by atoms with Crippen LogP contribution in [0.1, 0.15) is 5.56 Å². The molecule has 19 heavy (non-hydrogen) atoms. The summed E-state index contributed by atoms with van der Waals surface area (Å²) >= 11 is 3.46. The average molecular weight is 321 g/mol.